The van der Waals surface area contributed by atoms with E-state index < -0.39 is 0 Å². The minimum absolute atomic E-state index is 0.308. The zero-order chi connectivity index (χ0) is 16.4. The van der Waals surface area contributed by atoms with Gasteiger partial charge in [0.15, 0.2) is 11.5 Å². The average Bonchev–Trinajstić information content (AvgIpc) is 3.11. The second-order valence-corrected chi connectivity index (χ2v) is 5.09. The van der Waals surface area contributed by atoms with E-state index in [4.69, 9.17) is 0 Å². The van der Waals surface area contributed by atoms with Crippen molar-refractivity contribution in [1.82, 2.24) is 29.8 Å². The molecule has 8 nitrogen and oxygen atoms in total. The second-order valence-electron chi connectivity index (χ2n) is 5.09. The fourth-order valence-electron chi connectivity index (χ4n) is 2.15. The molecule has 0 spiro atoms. The Morgan fingerprint density at radius 1 is 1.26 bits per heavy atom. The van der Waals surface area contributed by atoms with Gasteiger partial charge in [0.2, 0.25) is 0 Å². The van der Waals surface area contributed by atoms with Gasteiger partial charge in [0, 0.05) is 18.0 Å². The van der Waals surface area contributed by atoms with Crippen LogP contribution in [0.4, 0.5) is 5.82 Å². The summed E-state index contributed by atoms with van der Waals surface area (Å²) in [5, 5.41) is 15.5. The van der Waals surface area contributed by atoms with Crippen molar-refractivity contribution in [1.29, 1.82) is 0 Å². The summed E-state index contributed by atoms with van der Waals surface area (Å²) in [5.74, 6) is 0.172. The van der Waals surface area contributed by atoms with Crippen LogP contribution in [-0.4, -0.2) is 35.7 Å². The standard InChI is InChI=1S/C15H17N7O/c1-4-22-18-11(3)13(19-22)15(23)17-14-10(2)9-21(20-14)12-6-5-7-16-8-12/h5-9H,4H2,1-3H3,(H,17,20,23). The molecule has 118 valence electrons. The van der Waals surface area contributed by atoms with E-state index >= 15 is 0 Å². The third-order valence-corrected chi connectivity index (χ3v) is 3.36. The molecule has 1 N–H and O–H groups in total. The van der Waals surface area contributed by atoms with E-state index in [1.807, 2.05) is 32.2 Å². The third kappa shape index (κ3) is 2.96. The number of nitrogens with zero attached hydrogens (tertiary/aromatic N) is 6. The van der Waals surface area contributed by atoms with E-state index in [0.717, 1.165) is 11.3 Å². The number of amides is 1. The number of carbonyl (C=O) groups excluding carboxylic acids is 1. The molecule has 3 rings (SSSR count). The Morgan fingerprint density at radius 2 is 2.09 bits per heavy atom. The molecule has 1 amide bonds. The van der Waals surface area contributed by atoms with Crippen molar-refractivity contribution < 1.29 is 4.79 Å². The number of nitrogens with one attached hydrogen (secondary N) is 1. The van der Waals surface area contributed by atoms with Gasteiger partial charge in [-0.2, -0.15) is 9.90 Å². The van der Waals surface area contributed by atoms with E-state index in [0.29, 0.717) is 23.8 Å². The Hall–Kier alpha value is -3.03. The molecule has 3 aromatic rings. The van der Waals surface area contributed by atoms with Crippen molar-refractivity contribution in [2.24, 2.45) is 0 Å². The van der Waals surface area contributed by atoms with Crippen LogP contribution in [0.15, 0.2) is 30.7 Å². The Labute approximate surface area is 133 Å². The number of hydrogen-bond donors (Lipinski definition) is 1. The van der Waals surface area contributed by atoms with Gasteiger partial charge < -0.3 is 5.32 Å². The first-order valence-electron chi connectivity index (χ1n) is 7.28. The van der Waals surface area contributed by atoms with Gasteiger partial charge >= 0.3 is 0 Å². The maximum absolute atomic E-state index is 12.4. The molecule has 0 aliphatic carbocycles. The monoisotopic (exact) mass is 311 g/mol. The van der Waals surface area contributed by atoms with Crippen molar-refractivity contribution >= 4 is 11.7 Å². The van der Waals surface area contributed by atoms with Gasteiger partial charge in [0.1, 0.15) is 0 Å². The normalized spacial score (nSPS) is 10.7. The number of pyridine rings is 1. The Bertz CT molecular complexity index is 835. The lowest BCUT2D eigenvalue weighted by molar-refractivity contribution is 0.102. The SMILES string of the molecule is CCn1nc(C)c(C(=O)Nc2nn(-c3cccnc3)cc2C)n1. The predicted molar refractivity (Wildman–Crippen MR) is 84.5 cm³/mol. The summed E-state index contributed by atoms with van der Waals surface area (Å²) < 4.78 is 1.67. The van der Waals surface area contributed by atoms with Crippen LogP contribution in [0.25, 0.3) is 5.69 Å². The number of aryl methyl sites for hydroxylation is 3. The van der Waals surface area contributed by atoms with Crippen molar-refractivity contribution in [3.05, 3.63) is 47.7 Å². The first-order valence-corrected chi connectivity index (χ1v) is 7.28. The fourth-order valence-corrected chi connectivity index (χ4v) is 2.15. The minimum Gasteiger partial charge on any atom is -0.303 e. The first-order chi connectivity index (χ1) is 11.1. The quantitative estimate of drug-likeness (QED) is 0.792. The van der Waals surface area contributed by atoms with Gasteiger partial charge in [-0.1, -0.05) is 0 Å². The highest BCUT2D eigenvalue weighted by Crippen LogP contribution is 2.16. The number of aromatic nitrogens is 6. The Kier molecular flexibility index (Phi) is 3.88. The topological polar surface area (TPSA) is 90.5 Å². The molecule has 3 heterocycles. The Balaban J connectivity index is 1.84. The fraction of sp³-hybridized carbons (Fsp3) is 0.267. The highest BCUT2D eigenvalue weighted by atomic mass is 16.2. The summed E-state index contributed by atoms with van der Waals surface area (Å²) in [6.45, 7) is 6.17. The zero-order valence-corrected chi connectivity index (χ0v) is 13.2. The van der Waals surface area contributed by atoms with Crippen LogP contribution in [0.5, 0.6) is 0 Å². The number of anilines is 1. The van der Waals surface area contributed by atoms with Gasteiger partial charge in [-0.05, 0) is 32.9 Å². The van der Waals surface area contributed by atoms with Crippen LogP contribution >= 0.6 is 0 Å². The first kappa shape index (κ1) is 14.9. The van der Waals surface area contributed by atoms with Crippen molar-refractivity contribution in [3.8, 4) is 5.69 Å². The minimum atomic E-state index is -0.318. The van der Waals surface area contributed by atoms with E-state index in [9.17, 15) is 4.79 Å². The van der Waals surface area contributed by atoms with E-state index in [1.54, 1.807) is 24.0 Å². The zero-order valence-electron chi connectivity index (χ0n) is 13.2. The third-order valence-electron chi connectivity index (χ3n) is 3.36. The van der Waals surface area contributed by atoms with Crippen LogP contribution in [0.2, 0.25) is 0 Å². The largest absolute Gasteiger partial charge is 0.303 e. The van der Waals surface area contributed by atoms with E-state index in [-0.39, 0.29) is 5.91 Å². The average molecular weight is 311 g/mol. The highest BCUT2D eigenvalue weighted by Gasteiger charge is 2.18. The molecule has 0 unspecified atom stereocenters. The summed E-state index contributed by atoms with van der Waals surface area (Å²) >= 11 is 0. The van der Waals surface area contributed by atoms with E-state index in [2.05, 4.69) is 25.6 Å². The maximum atomic E-state index is 12.4. The summed E-state index contributed by atoms with van der Waals surface area (Å²) in [6, 6.07) is 3.72. The molecule has 3 aromatic heterocycles. The molecule has 0 atom stereocenters. The van der Waals surface area contributed by atoms with Crippen LogP contribution in [0.1, 0.15) is 28.7 Å². The summed E-state index contributed by atoms with van der Waals surface area (Å²) in [7, 11) is 0. The molecule has 0 saturated carbocycles. The molecule has 8 heteroatoms. The lowest BCUT2D eigenvalue weighted by atomic mass is 10.3. The second kappa shape index (κ2) is 5.99. The lowest BCUT2D eigenvalue weighted by Gasteiger charge is -2.01. The molecular formula is C15H17N7O. The molecule has 0 aliphatic heterocycles. The van der Waals surface area contributed by atoms with Gasteiger partial charge in [0.05, 0.1) is 24.1 Å². The number of carbonyl (C=O) groups is 1. The maximum Gasteiger partial charge on any atom is 0.279 e. The molecule has 0 fully saturated rings. The van der Waals surface area contributed by atoms with Crippen LogP contribution in [0, 0.1) is 13.8 Å². The van der Waals surface area contributed by atoms with Crippen LogP contribution in [-0.2, 0) is 6.54 Å². The predicted octanol–water partition coefficient (Wildman–Crippen LogP) is 1.75. The van der Waals surface area contributed by atoms with Gasteiger partial charge in [0.25, 0.3) is 5.91 Å². The van der Waals surface area contributed by atoms with E-state index in [1.165, 1.54) is 4.80 Å². The molecule has 0 bridgehead atoms. The summed E-state index contributed by atoms with van der Waals surface area (Å²) in [5.41, 5.74) is 2.57. The molecule has 23 heavy (non-hydrogen) atoms. The summed E-state index contributed by atoms with van der Waals surface area (Å²) in [6.07, 6.45) is 5.24. The number of hydrogen-bond acceptors (Lipinski definition) is 5. The van der Waals surface area contributed by atoms with Gasteiger partial charge in [-0.3, -0.25) is 9.78 Å². The molecule has 0 radical (unpaired) electrons. The van der Waals surface area contributed by atoms with Crippen molar-refractivity contribution in [3.63, 3.8) is 0 Å². The highest BCUT2D eigenvalue weighted by molar-refractivity contribution is 6.03. The van der Waals surface area contributed by atoms with Gasteiger partial charge in [-0.25, -0.2) is 4.68 Å². The van der Waals surface area contributed by atoms with Crippen molar-refractivity contribution in [2.45, 2.75) is 27.3 Å². The van der Waals surface area contributed by atoms with Gasteiger partial charge in [-0.15, -0.1) is 10.2 Å². The smallest absolute Gasteiger partial charge is 0.279 e. The number of rotatable bonds is 4. The Morgan fingerprint density at radius 3 is 2.74 bits per heavy atom. The van der Waals surface area contributed by atoms with Crippen LogP contribution < -0.4 is 5.32 Å². The molecule has 0 saturated heterocycles. The molecule has 0 aliphatic rings. The summed E-state index contributed by atoms with van der Waals surface area (Å²) in [4.78, 5) is 17.9. The lowest BCUT2D eigenvalue weighted by Crippen LogP contribution is -2.15. The molecule has 0 aromatic carbocycles. The van der Waals surface area contributed by atoms with Crippen LogP contribution in [0.3, 0.4) is 0 Å². The molecular weight excluding hydrogens is 294 g/mol. The van der Waals surface area contributed by atoms with Crippen molar-refractivity contribution in [2.75, 3.05) is 5.32 Å².